The minimum Gasteiger partial charge on any atom is -0.308 e. The minimum atomic E-state index is -2.98. The van der Waals surface area contributed by atoms with Gasteiger partial charge in [-0.05, 0) is 43.4 Å². The lowest BCUT2D eigenvalue weighted by Gasteiger charge is -2.34. The second kappa shape index (κ2) is 20.6. The Kier molecular flexibility index (Phi) is 20.0. The molecule has 0 spiro atoms. The molecule has 216 valence electrons. The maximum atomic E-state index is 6.54. The largest absolute Gasteiger partial charge is 0.525 e. The predicted octanol–water partition coefficient (Wildman–Crippen LogP) is 9.38. The maximum Gasteiger partial charge on any atom is 0.525 e. The van der Waals surface area contributed by atoms with Crippen LogP contribution >= 0.6 is 23.7 Å². The van der Waals surface area contributed by atoms with E-state index in [-0.39, 0.29) is 0 Å². The van der Waals surface area contributed by atoms with Crippen LogP contribution in [0.15, 0.2) is 4.52 Å². The molecule has 2 N–H and O–H groups in total. The van der Waals surface area contributed by atoms with Gasteiger partial charge < -0.3 is 9.05 Å². The lowest BCUT2D eigenvalue weighted by molar-refractivity contribution is 0.185. The molecule has 0 unspecified atom stereocenters. The molecule has 36 heavy (non-hydrogen) atoms. The van der Waals surface area contributed by atoms with E-state index in [1.807, 2.05) is 0 Å². The van der Waals surface area contributed by atoms with Gasteiger partial charge in [0, 0.05) is 4.52 Å². The van der Waals surface area contributed by atoms with Crippen molar-refractivity contribution in [3.63, 3.8) is 0 Å². The van der Waals surface area contributed by atoms with Crippen molar-refractivity contribution in [1.82, 2.24) is 9.72 Å². The Labute approximate surface area is 223 Å². The molecular formula is C24H56N3O6P3+2. The summed E-state index contributed by atoms with van der Waals surface area (Å²) in [7, 11) is -8.83. The molecule has 0 saturated heterocycles. The first-order valence-corrected chi connectivity index (χ1v) is 19.1. The Hall–Kier alpha value is 0.770. The van der Waals surface area contributed by atoms with Gasteiger partial charge in [0.2, 0.25) is 0 Å². The summed E-state index contributed by atoms with van der Waals surface area (Å²) in [6, 6.07) is 0. The zero-order valence-electron chi connectivity index (χ0n) is 24.0. The molecule has 0 saturated carbocycles. The molecule has 1 aliphatic heterocycles. The fourth-order valence-electron chi connectivity index (χ4n) is 3.00. The Morgan fingerprint density at radius 1 is 0.528 bits per heavy atom. The summed E-state index contributed by atoms with van der Waals surface area (Å²) >= 11 is 0. The molecule has 1 rings (SSSR count). The normalized spacial score (nSPS) is 18.3. The van der Waals surface area contributed by atoms with Crippen LogP contribution in [0.25, 0.3) is 0 Å². The highest BCUT2D eigenvalue weighted by molar-refractivity contribution is 7.88. The van der Waals surface area contributed by atoms with E-state index in [1.165, 1.54) is 0 Å². The first-order valence-electron chi connectivity index (χ1n) is 14.4. The molecule has 0 radical (unpaired) electrons. The second-order valence-corrected chi connectivity index (χ2v) is 16.1. The topological polar surface area (TPSA) is 91.8 Å². The van der Waals surface area contributed by atoms with Crippen molar-refractivity contribution in [1.29, 1.82) is 0 Å². The van der Waals surface area contributed by atoms with Crippen LogP contribution in [0.3, 0.4) is 0 Å². The van der Waals surface area contributed by atoms with Gasteiger partial charge >= 0.3 is 23.7 Å². The summed E-state index contributed by atoms with van der Waals surface area (Å²) in [4.78, 5) is 7.15. The van der Waals surface area contributed by atoms with Crippen molar-refractivity contribution in [3.05, 3.63) is 0 Å². The van der Waals surface area contributed by atoms with Crippen LogP contribution in [0.1, 0.15) is 119 Å². The zero-order valence-corrected chi connectivity index (χ0v) is 26.6. The second-order valence-electron chi connectivity index (χ2n) is 9.00. The Morgan fingerprint density at radius 3 is 1.28 bits per heavy atom. The molecule has 12 heteroatoms. The number of unbranched alkanes of at least 4 members (excludes halogenated alkanes) is 6. The van der Waals surface area contributed by atoms with E-state index in [9.17, 15) is 0 Å². The molecule has 0 aromatic rings. The number of rotatable bonds is 24. The number of nitrogens with one attached hydrogen (secondary N) is 2. The van der Waals surface area contributed by atoms with Gasteiger partial charge in [-0.15, -0.1) is 0 Å². The highest BCUT2D eigenvalue weighted by Gasteiger charge is 2.70. The van der Waals surface area contributed by atoms with E-state index >= 15 is 0 Å². The van der Waals surface area contributed by atoms with Gasteiger partial charge in [0.25, 0.3) is 0 Å². The van der Waals surface area contributed by atoms with Crippen molar-refractivity contribution in [3.8, 4) is 0 Å². The van der Waals surface area contributed by atoms with Gasteiger partial charge in [-0.2, -0.15) is 18.1 Å². The Bertz CT molecular complexity index is 569. The summed E-state index contributed by atoms with van der Waals surface area (Å²) < 4.78 is 44.2. The van der Waals surface area contributed by atoms with Crippen LogP contribution in [-0.2, 0) is 27.1 Å². The molecule has 0 aromatic carbocycles. The van der Waals surface area contributed by atoms with Gasteiger partial charge in [-0.1, -0.05) is 80.1 Å². The van der Waals surface area contributed by atoms with Gasteiger partial charge in [-0.25, -0.2) is 0 Å². The van der Waals surface area contributed by atoms with Gasteiger partial charge in [-0.3, -0.25) is 0 Å². The predicted molar refractivity (Wildman–Crippen MR) is 155 cm³/mol. The van der Waals surface area contributed by atoms with E-state index in [1.54, 1.807) is 0 Å². The van der Waals surface area contributed by atoms with Crippen molar-refractivity contribution in [2.45, 2.75) is 119 Å². The number of hydrogen-bond acceptors (Lipinski definition) is 9. The third-order valence-corrected chi connectivity index (χ3v) is 14.6. The quantitative estimate of drug-likeness (QED) is 0.0869. The molecule has 9 nitrogen and oxygen atoms in total. The van der Waals surface area contributed by atoms with E-state index < -0.39 is 23.7 Å². The maximum absolute atomic E-state index is 6.54. The first kappa shape index (κ1) is 34.8. The van der Waals surface area contributed by atoms with Crippen LogP contribution in [0.2, 0.25) is 0 Å². The summed E-state index contributed by atoms with van der Waals surface area (Å²) in [6.45, 7) is 16.2. The molecule has 1 heterocycles. The third-order valence-electron chi connectivity index (χ3n) is 5.35. The number of hydrogen-bond donors (Lipinski definition) is 2. The van der Waals surface area contributed by atoms with Crippen LogP contribution in [0.4, 0.5) is 0 Å². The molecule has 0 bridgehead atoms. The van der Waals surface area contributed by atoms with E-state index in [0.29, 0.717) is 39.6 Å². The highest BCUT2D eigenvalue weighted by Crippen LogP contribution is 2.82. The van der Waals surface area contributed by atoms with E-state index in [4.69, 9.17) is 31.7 Å². The SMILES string of the molecule is CCCCOP1(OCCCC)=N[P+](OCCCC)(OCCCC)N[P+](OCCCC)(OCCCC)N1. The standard InChI is InChI=1S/C24H56N3O6P3/c1-7-13-19-28-34(29-20-14-8-2)25-35(30-21-15-9-3,31-22-16-10-4)27-36(26-34,32-23-17-11-5)33-24-18-12-6/h25-26H,7-24H2,1-6H3/q+2. The molecule has 0 aliphatic carbocycles. The van der Waals surface area contributed by atoms with Crippen LogP contribution in [0.5, 0.6) is 0 Å². The molecule has 0 amide bonds. The Morgan fingerprint density at radius 2 is 0.889 bits per heavy atom. The fourth-order valence-corrected chi connectivity index (χ4v) is 13.7. The van der Waals surface area contributed by atoms with Gasteiger partial charge in [0.05, 0.1) is 44.5 Å². The molecule has 1 aliphatic rings. The van der Waals surface area contributed by atoms with Crippen molar-refractivity contribution >= 4 is 23.7 Å². The fraction of sp³-hybridized carbons (Fsp3) is 1.00. The lowest BCUT2D eigenvalue weighted by atomic mass is 10.4. The summed E-state index contributed by atoms with van der Waals surface area (Å²) in [5.41, 5.74) is 0. The van der Waals surface area contributed by atoms with Crippen molar-refractivity contribution in [2.75, 3.05) is 39.6 Å². The molecule has 0 fully saturated rings. The van der Waals surface area contributed by atoms with Crippen molar-refractivity contribution < 1.29 is 27.1 Å². The highest BCUT2D eigenvalue weighted by atomic mass is 31.3. The zero-order chi connectivity index (χ0) is 26.6. The minimum absolute atomic E-state index is 0.542. The first-order chi connectivity index (χ1) is 17.5. The summed E-state index contributed by atoms with van der Waals surface area (Å²) in [5, 5.41) is 0. The van der Waals surface area contributed by atoms with Crippen LogP contribution in [0, 0.1) is 0 Å². The average molecular weight is 576 g/mol. The van der Waals surface area contributed by atoms with E-state index in [2.05, 4.69) is 51.3 Å². The smallest absolute Gasteiger partial charge is 0.308 e. The Balaban J connectivity index is 3.54. The molecular weight excluding hydrogens is 519 g/mol. The third kappa shape index (κ3) is 13.2. The monoisotopic (exact) mass is 575 g/mol. The molecule has 0 aromatic heterocycles. The average Bonchev–Trinajstić information content (AvgIpc) is 2.85. The lowest BCUT2D eigenvalue weighted by Crippen LogP contribution is -2.36. The molecule has 0 atom stereocenters. The van der Waals surface area contributed by atoms with Crippen LogP contribution < -0.4 is 9.72 Å². The van der Waals surface area contributed by atoms with Gasteiger partial charge in [0.15, 0.2) is 0 Å². The summed E-state index contributed by atoms with van der Waals surface area (Å²) in [6.07, 6.45) is 11.7. The van der Waals surface area contributed by atoms with Crippen molar-refractivity contribution in [2.24, 2.45) is 4.52 Å². The van der Waals surface area contributed by atoms with Crippen LogP contribution in [-0.4, -0.2) is 39.6 Å². The summed E-state index contributed by atoms with van der Waals surface area (Å²) in [5.74, 6) is 0. The number of nitrogens with zero attached hydrogens (tertiary/aromatic N) is 1. The van der Waals surface area contributed by atoms with Gasteiger partial charge in [0.1, 0.15) is 0 Å². The van der Waals surface area contributed by atoms with E-state index in [0.717, 1.165) is 77.0 Å².